The Hall–Kier alpha value is -0.980. The molecule has 3 rings (SSSR count). The average Bonchev–Trinajstić information content (AvgIpc) is 2.65. The van der Waals surface area contributed by atoms with E-state index in [9.17, 15) is 0 Å². The molecule has 0 saturated carbocycles. The number of hydrogen-bond donors (Lipinski definition) is 1. The minimum atomic E-state index is 0.301. The van der Waals surface area contributed by atoms with Crippen LogP contribution >= 0.6 is 15.9 Å². The van der Waals surface area contributed by atoms with Crippen molar-refractivity contribution < 1.29 is 0 Å². The van der Waals surface area contributed by atoms with Crippen molar-refractivity contribution in [1.29, 1.82) is 0 Å². The van der Waals surface area contributed by atoms with Gasteiger partial charge in [0.15, 0.2) is 5.65 Å². The summed E-state index contributed by atoms with van der Waals surface area (Å²) in [5.41, 5.74) is 7.84. The lowest BCUT2D eigenvalue weighted by Crippen LogP contribution is -2.57. The van der Waals surface area contributed by atoms with Gasteiger partial charge < -0.3 is 15.2 Å². The predicted octanol–water partition coefficient (Wildman–Crippen LogP) is 1.78. The molecule has 0 amide bonds. The van der Waals surface area contributed by atoms with Crippen molar-refractivity contribution in [3.8, 4) is 0 Å². The van der Waals surface area contributed by atoms with Crippen molar-refractivity contribution in [3.05, 3.63) is 22.6 Å². The Balaban J connectivity index is 1.84. The van der Waals surface area contributed by atoms with Gasteiger partial charge in [-0.15, -0.1) is 0 Å². The second-order valence-corrected chi connectivity index (χ2v) is 6.97. The van der Waals surface area contributed by atoms with Gasteiger partial charge >= 0.3 is 0 Å². The summed E-state index contributed by atoms with van der Waals surface area (Å²) in [4.78, 5) is 11.3. The lowest BCUT2D eigenvalue weighted by Gasteiger charge is -2.48. The molecule has 108 valence electrons. The Morgan fingerprint density at radius 2 is 2.20 bits per heavy atom. The lowest BCUT2D eigenvalue weighted by molar-refractivity contribution is 0.00518. The smallest absolute Gasteiger partial charge is 0.177 e. The van der Waals surface area contributed by atoms with Gasteiger partial charge in [-0.25, -0.2) is 9.97 Å². The van der Waals surface area contributed by atoms with Crippen LogP contribution in [0, 0.1) is 12.3 Å². The maximum absolute atomic E-state index is 5.61. The molecule has 2 aromatic rings. The number of nitrogens with two attached hydrogens (primary N) is 1. The normalized spacial score (nSPS) is 18.4. The number of aryl methyl sites for hydroxylation is 1. The summed E-state index contributed by atoms with van der Waals surface area (Å²) >= 11 is 3.49. The number of hydrogen-bond acceptors (Lipinski definition) is 4. The Morgan fingerprint density at radius 1 is 1.45 bits per heavy atom. The highest BCUT2D eigenvalue weighted by molar-refractivity contribution is 9.10. The second kappa shape index (κ2) is 5.09. The first-order chi connectivity index (χ1) is 9.50. The van der Waals surface area contributed by atoms with Crippen LogP contribution < -0.4 is 5.73 Å². The number of fused-ring (bicyclic) bond motifs is 1. The summed E-state index contributed by atoms with van der Waals surface area (Å²) < 4.78 is 3.28. The standard InChI is InChI=1S/C14H20BrN5/c1-10-18-13-12(5-11(15)6-17-13)20(10)9-14(2)7-19(8-14)4-3-16/h5-6H,3-4,7-9,16H2,1-2H3. The quantitative estimate of drug-likeness (QED) is 0.923. The number of imidazole rings is 1. The molecular weight excluding hydrogens is 318 g/mol. The third kappa shape index (κ3) is 2.47. The van der Waals surface area contributed by atoms with Crippen molar-refractivity contribution in [2.24, 2.45) is 11.1 Å². The van der Waals surface area contributed by atoms with E-state index in [2.05, 4.69) is 55.3 Å². The summed E-state index contributed by atoms with van der Waals surface area (Å²) in [6, 6.07) is 2.10. The van der Waals surface area contributed by atoms with Crippen molar-refractivity contribution in [2.45, 2.75) is 20.4 Å². The fraction of sp³-hybridized carbons (Fsp3) is 0.571. The number of halogens is 1. The van der Waals surface area contributed by atoms with Crippen molar-refractivity contribution in [1.82, 2.24) is 19.4 Å². The molecule has 2 N–H and O–H groups in total. The van der Waals surface area contributed by atoms with Crippen molar-refractivity contribution in [2.75, 3.05) is 26.2 Å². The largest absolute Gasteiger partial charge is 0.329 e. The van der Waals surface area contributed by atoms with Crippen LogP contribution in [0.3, 0.4) is 0 Å². The van der Waals surface area contributed by atoms with E-state index < -0.39 is 0 Å². The molecule has 0 spiro atoms. The molecule has 2 aromatic heterocycles. The van der Waals surface area contributed by atoms with Gasteiger partial charge in [-0.1, -0.05) is 6.92 Å². The van der Waals surface area contributed by atoms with E-state index in [1.165, 1.54) is 0 Å². The van der Waals surface area contributed by atoms with E-state index in [0.717, 1.165) is 54.2 Å². The minimum absolute atomic E-state index is 0.301. The average molecular weight is 338 g/mol. The van der Waals surface area contributed by atoms with E-state index in [0.29, 0.717) is 5.41 Å². The highest BCUT2D eigenvalue weighted by Gasteiger charge is 2.38. The van der Waals surface area contributed by atoms with Gasteiger partial charge in [0.1, 0.15) is 5.82 Å². The van der Waals surface area contributed by atoms with Crippen LogP contribution in [0.1, 0.15) is 12.7 Å². The van der Waals surface area contributed by atoms with E-state index in [1.807, 2.05) is 0 Å². The molecule has 0 bridgehead atoms. The molecule has 1 fully saturated rings. The van der Waals surface area contributed by atoms with E-state index in [-0.39, 0.29) is 0 Å². The van der Waals surface area contributed by atoms with Gasteiger partial charge in [-0.2, -0.15) is 0 Å². The molecule has 6 heteroatoms. The molecule has 0 unspecified atom stereocenters. The van der Waals surface area contributed by atoms with E-state index in [1.54, 1.807) is 6.20 Å². The zero-order chi connectivity index (χ0) is 14.3. The highest BCUT2D eigenvalue weighted by Crippen LogP contribution is 2.33. The third-order valence-corrected chi connectivity index (χ3v) is 4.39. The summed E-state index contributed by atoms with van der Waals surface area (Å²) in [6.07, 6.45) is 1.80. The summed E-state index contributed by atoms with van der Waals surface area (Å²) in [5, 5.41) is 0. The van der Waals surface area contributed by atoms with Gasteiger partial charge in [-0.3, -0.25) is 0 Å². The van der Waals surface area contributed by atoms with Crippen LogP contribution in [0.15, 0.2) is 16.7 Å². The Bertz CT molecular complexity index is 630. The van der Waals surface area contributed by atoms with Crippen LogP contribution in [0.5, 0.6) is 0 Å². The number of likely N-dealkylation sites (tertiary alicyclic amines) is 1. The summed E-state index contributed by atoms with van der Waals surface area (Å²) in [7, 11) is 0. The van der Waals surface area contributed by atoms with Crippen LogP contribution in [0.25, 0.3) is 11.2 Å². The fourth-order valence-corrected chi connectivity index (χ4v) is 3.47. The number of rotatable bonds is 4. The Kier molecular flexibility index (Phi) is 3.56. The molecule has 20 heavy (non-hydrogen) atoms. The molecule has 3 heterocycles. The molecule has 1 saturated heterocycles. The zero-order valence-corrected chi connectivity index (χ0v) is 13.5. The lowest BCUT2D eigenvalue weighted by atomic mass is 9.81. The summed E-state index contributed by atoms with van der Waals surface area (Å²) in [6.45, 7) is 9.29. The van der Waals surface area contributed by atoms with Crippen molar-refractivity contribution >= 4 is 27.1 Å². The maximum Gasteiger partial charge on any atom is 0.177 e. The Morgan fingerprint density at radius 3 is 2.90 bits per heavy atom. The number of aromatic nitrogens is 3. The predicted molar refractivity (Wildman–Crippen MR) is 83.6 cm³/mol. The van der Waals surface area contributed by atoms with E-state index in [4.69, 9.17) is 5.73 Å². The first-order valence-corrected chi connectivity index (χ1v) is 7.71. The Labute approximate surface area is 127 Å². The SMILES string of the molecule is Cc1nc2ncc(Br)cc2n1CC1(C)CN(CCN)C1. The van der Waals surface area contributed by atoms with Gasteiger partial charge in [0.25, 0.3) is 0 Å². The first kappa shape index (κ1) is 14.0. The topological polar surface area (TPSA) is 60.0 Å². The van der Waals surface area contributed by atoms with Gasteiger partial charge in [0.2, 0.25) is 0 Å². The van der Waals surface area contributed by atoms with Crippen LogP contribution in [-0.4, -0.2) is 45.6 Å². The van der Waals surface area contributed by atoms with E-state index >= 15 is 0 Å². The van der Waals surface area contributed by atoms with Crippen LogP contribution in [-0.2, 0) is 6.54 Å². The molecular formula is C14H20BrN5. The van der Waals surface area contributed by atoms with Gasteiger partial charge in [0, 0.05) is 48.8 Å². The van der Waals surface area contributed by atoms with Crippen LogP contribution in [0.4, 0.5) is 0 Å². The maximum atomic E-state index is 5.61. The van der Waals surface area contributed by atoms with Crippen molar-refractivity contribution in [3.63, 3.8) is 0 Å². The second-order valence-electron chi connectivity index (χ2n) is 6.05. The number of pyridine rings is 1. The molecule has 0 aromatic carbocycles. The molecule has 5 nitrogen and oxygen atoms in total. The van der Waals surface area contributed by atoms with Gasteiger partial charge in [-0.05, 0) is 28.9 Å². The van der Waals surface area contributed by atoms with Crippen LogP contribution in [0.2, 0.25) is 0 Å². The molecule has 1 aliphatic rings. The van der Waals surface area contributed by atoms with Gasteiger partial charge in [0.05, 0.1) is 5.52 Å². The highest BCUT2D eigenvalue weighted by atomic mass is 79.9. The third-order valence-electron chi connectivity index (χ3n) is 3.96. The molecule has 0 radical (unpaired) electrons. The monoisotopic (exact) mass is 337 g/mol. The molecule has 0 atom stereocenters. The first-order valence-electron chi connectivity index (χ1n) is 6.92. The number of nitrogens with zero attached hydrogens (tertiary/aromatic N) is 4. The molecule has 1 aliphatic heterocycles. The molecule has 0 aliphatic carbocycles. The zero-order valence-electron chi connectivity index (χ0n) is 11.9. The minimum Gasteiger partial charge on any atom is -0.329 e. The summed E-state index contributed by atoms with van der Waals surface area (Å²) in [5.74, 6) is 1.03. The fourth-order valence-electron chi connectivity index (χ4n) is 3.15.